The topological polar surface area (TPSA) is 141 Å². The number of hydrogen-bond donors (Lipinski definition) is 4. The summed E-state index contributed by atoms with van der Waals surface area (Å²) in [6.45, 7) is 0.228. The molecule has 3 heterocycles. The number of aliphatic hydroxyl groups is 4. The first-order valence-electron chi connectivity index (χ1n) is 11.5. The highest BCUT2D eigenvalue weighted by Crippen LogP contribution is 2.56. The molecule has 1 spiro atoms. The van der Waals surface area contributed by atoms with Crippen molar-refractivity contribution in [1.82, 2.24) is 0 Å². The van der Waals surface area contributed by atoms with Crippen LogP contribution in [0.15, 0.2) is 35.9 Å². The minimum Gasteiger partial charge on any atom is -0.632 e. The predicted molar refractivity (Wildman–Crippen MR) is 119 cm³/mol. The molecule has 0 saturated carbocycles. The summed E-state index contributed by atoms with van der Waals surface area (Å²) in [6.07, 6.45) is -0.180. The highest BCUT2D eigenvalue weighted by atomic mass is 16.7. The van der Waals surface area contributed by atoms with Gasteiger partial charge in [-0.25, -0.2) is 0 Å². The molecule has 0 radical (unpaired) electrons. The summed E-state index contributed by atoms with van der Waals surface area (Å²) in [7, 11) is 3.11. The number of nitrogens with zero attached hydrogens (tertiary/aromatic N) is 1. The number of fused-ring (bicyclic) bond motifs is 1. The van der Waals surface area contributed by atoms with Crippen LogP contribution in [0.1, 0.15) is 17.5 Å². The monoisotopic (exact) mass is 477 g/mol. The van der Waals surface area contributed by atoms with Gasteiger partial charge in [0.05, 0.1) is 32.9 Å². The second-order valence-corrected chi connectivity index (χ2v) is 9.38. The van der Waals surface area contributed by atoms with Crippen LogP contribution in [-0.4, -0.2) is 95.8 Å². The summed E-state index contributed by atoms with van der Waals surface area (Å²) in [5, 5.41) is 54.0. The van der Waals surface area contributed by atoms with Gasteiger partial charge in [-0.05, 0) is 23.8 Å². The molecular formula is C24H31NO9. The van der Waals surface area contributed by atoms with E-state index in [9.17, 15) is 25.6 Å². The molecule has 10 nitrogen and oxygen atoms in total. The van der Waals surface area contributed by atoms with E-state index in [4.69, 9.17) is 18.9 Å². The Morgan fingerprint density at radius 1 is 1.15 bits per heavy atom. The Hall–Kier alpha value is -2.02. The van der Waals surface area contributed by atoms with Crippen molar-refractivity contribution >= 4 is 0 Å². The summed E-state index contributed by atoms with van der Waals surface area (Å²) in [4.78, 5) is 0. The fourth-order valence-electron chi connectivity index (χ4n) is 5.83. The highest BCUT2D eigenvalue weighted by Gasteiger charge is 2.58. The van der Waals surface area contributed by atoms with E-state index in [1.807, 2.05) is 24.3 Å². The summed E-state index contributed by atoms with van der Waals surface area (Å²) < 4.78 is 22.2. The van der Waals surface area contributed by atoms with E-state index in [0.717, 1.165) is 16.7 Å². The first-order chi connectivity index (χ1) is 16.3. The van der Waals surface area contributed by atoms with E-state index in [0.29, 0.717) is 31.7 Å². The molecule has 4 N–H and O–H groups in total. The van der Waals surface area contributed by atoms with Crippen molar-refractivity contribution in [2.45, 2.75) is 55.2 Å². The minimum absolute atomic E-state index is 0.191. The van der Waals surface area contributed by atoms with Crippen molar-refractivity contribution in [3.63, 3.8) is 0 Å². The zero-order valence-corrected chi connectivity index (χ0v) is 19.2. The van der Waals surface area contributed by atoms with Crippen LogP contribution in [0.2, 0.25) is 0 Å². The maximum atomic E-state index is 14.0. The lowest BCUT2D eigenvalue weighted by Crippen LogP contribution is -2.61. The predicted octanol–water partition coefficient (Wildman–Crippen LogP) is -0.145. The Morgan fingerprint density at radius 2 is 1.94 bits per heavy atom. The SMILES string of the molecule is COc1cc2c(cc1O[C@@H]1O[C@H](CO)[C@@H](O)[C@H](O)[C@H]1O)CC[N+]1([O-])CC=C3C=C[C@H](OC)C[C@]321. The van der Waals surface area contributed by atoms with Gasteiger partial charge in [0.2, 0.25) is 6.29 Å². The van der Waals surface area contributed by atoms with E-state index in [-0.39, 0.29) is 16.5 Å². The van der Waals surface area contributed by atoms with E-state index in [2.05, 4.69) is 0 Å². The number of benzene rings is 1. The van der Waals surface area contributed by atoms with Gasteiger partial charge < -0.3 is 49.2 Å². The fourth-order valence-corrected chi connectivity index (χ4v) is 5.83. The number of methoxy groups -OCH3 is 2. The van der Waals surface area contributed by atoms with Gasteiger partial charge in [-0.1, -0.05) is 12.2 Å². The second-order valence-electron chi connectivity index (χ2n) is 9.38. The third kappa shape index (κ3) is 3.33. The van der Waals surface area contributed by atoms with E-state index in [1.54, 1.807) is 13.2 Å². The van der Waals surface area contributed by atoms with E-state index < -0.39 is 42.9 Å². The van der Waals surface area contributed by atoms with Crippen molar-refractivity contribution in [2.24, 2.45) is 0 Å². The molecular weight excluding hydrogens is 446 g/mol. The quantitative estimate of drug-likeness (QED) is 0.337. The van der Waals surface area contributed by atoms with Gasteiger partial charge >= 0.3 is 0 Å². The molecule has 10 heteroatoms. The minimum atomic E-state index is -1.55. The third-order valence-electron chi connectivity index (χ3n) is 7.74. The van der Waals surface area contributed by atoms with Gasteiger partial charge in [0.1, 0.15) is 24.4 Å². The molecule has 1 unspecified atom stereocenters. The zero-order chi connectivity index (χ0) is 24.3. The van der Waals surface area contributed by atoms with Crippen LogP contribution in [0.4, 0.5) is 0 Å². The van der Waals surface area contributed by atoms with Crippen molar-refractivity contribution in [3.05, 3.63) is 52.3 Å². The fraction of sp³-hybridized carbons (Fsp3) is 0.583. The lowest BCUT2D eigenvalue weighted by atomic mass is 9.71. The van der Waals surface area contributed by atoms with Crippen LogP contribution in [-0.2, 0) is 21.4 Å². The number of ether oxygens (including phenoxy) is 4. The van der Waals surface area contributed by atoms with Crippen molar-refractivity contribution in [1.29, 1.82) is 0 Å². The second kappa shape index (κ2) is 8.58. The number of quaternary nitrogens is 1. The Bertz CT molecular complexity index is 1010. The summed E-state index contributed by atoms with van der Waals surface area (Å²) in [5.74, 6) is 0.611. The molecule has 0 amide bonds. The Balaban J connectivity index is 1.54. The molecule has 186 valence electrons. The van der Waals surface area contributed by atoms with Gasteiger partial charge in [0, 0.05) is 31.1 Å². The van der Waals surface area contributed by atoms with E-state index in [1.165, 1.54) is 7.11 Å². The smallest absolute Gasteiger partial charge is 0.229 e. The van der Waals surface area contributed by atoms with Gasteiger partial charge in [-0.2, -0.15) is 0 Å². The molecule has 0 aromatic heterocycles. The Morgan fingerprint density at radius 3 is 2.65 bits per heavy atom. The summed E-state index contributed by atoms with van der Waals surface area (Å²) in [5.41, 5.74) is 1.95. The van der Waals surface area contributed by atoms with Crippen LogP contribution in [0.3, 0.4) is 0 Å². The van der Waals surface area contributed by atoms with Crippen LogP contribution in [0.5, 0.6) is 11.5 Å². The largest absolute Gasteiger partial charge is 0.632 e. The first kappa shape index (κ1) is 23.7. The molecule has 1 aromatic carbocycles. The molecule has 1 saturated heterocycles. The molecule has 0 bridgehead atoms. The van der Waals surface area contributed by atoms with Gasteiger partial charge in [0.15, 0.2) is 17.0 Å². The lowest BCUT2D eigenvalue weighted by molar-refractivity contribution is -0.926. The zero-order valence-electron chi connectivity index (χ0n) is 19.2. The van der Waals surface area contributed by atoms with Crippen LogP contribution in [0, 0.1) is 5.21 Å². The molecule has 5 rings (SSSR count). The average Bonchev–Trinajstić information content (AvgIpc) is 3.16. The van der Waals surface area contributed by atoms with Crippen molar-refractivity contribution in [3.8, 4) is 11.5 Å². The third-order valence-corrected chi connectivity index (χ3v) is 7.74. The average molecular weight is 478 g/mol. The van der Waals surface area contributed by atoms with Crippen molar-refractivity contribution in [2.75, 3.05) is 33.9 Å². The Kier molecular flexibility index (Phi) is 5.98. The standard InChI is InChI=1S/C24H31NO9/c1-31-15-4-3-14-6-8-25(30)7-5-13-9-18(17(32-2)10-16(13)24(14,25)11-15)33-23-22(29)21(28)20(27)19(12-26)34-23/h3-4,6,9-10,15,19-23,26-29H,5,7-8,11-12H2,1-2H3/t15-,19+,20+,21-,22+,23+,24-,25?/m0/s1. The Labute approximate surface area is 197 Å². The van der Waals surface area contributed by atoms with Crippen LogP contribution < -0.4 is 9.47 Å². The van der Waals surface area contributed by atoms with Crippen LogP contribution in [0.25, 0.3) is 0 Å². The highest BCUT2D eigenvalue weighted by molar-refractivity contribution is 5.56. The molecule has 34 heavy (non-hydrogen) atoms. The van der Waals surface area contributed by atoms with Gasteiger partial charge in [0.25, 0.3) is 0 Å². The van der Waals surface area contributed by atoms with Gasteiger partial charge in [-0.15, -0.1) is 0 Å². The molecule has 1 aliphatic carbocycles. The summed E-state index contributed by atoms with van der Waals surface area (Å²) >= 11 is 0. The normalized spacial score (nSPS) is 40.7. The number of hydrogen-bond acceptors (Lipinski definition) is 9. The van der Waals surface area contributed by atoms with Crippen LogP contribution >= 0.6 is 0 Å². The summed E-state index contributed by atoms with van der Waals surface area (Å²) in [6, 6.07) is 3.59. The van der Waals surface area contributed by atoms with Gasteiger partial charge in [-0.3, -0.25) is 0 Å². The lowest BCUT2D eigenvalue weighted by Gasteiger charge is -2.58. The maximum Gasteiger partial charge on any atom is 0.229 e. The number of aliphatic hydroxyl groups excluding tert-OH is 4. The first-order valence-corrected chi connectivity index (χ1v) is 11.5. The molecule has 8 atom stereocenters. The number of rotatable bonds is 5. The van der Waals surface area contributed by atoms with Crippen molar-refractivity contribution < 1.29 is 44.0 Å². The molecule has 4 aliphatic rings. The maximum absolute atomic E-state index is 14.0. The molecule has 1 fully saturated rings. The van der Waals surface area contributed by atoms with E-state index >= 15 is 0 Å². The number of hydroxylamine groups is 3. The molecule has 1 aromatic rings. The molecule has 3 aliphatic heterocycles.